The molecule has 0 fully saturated rings. The Labute approximate surface area is 140 Å². The number of hydrogen-bond donors (Lipinski definition) is 2. The summed E-state index contributed by atoms with van der Waals surface area (Å²) in [6.45, 7) is 0. The minimum Gasteiger partial charge on any atom is -0.493 e. The second kappa shape index (κ2) is 7.45. The van der Waals surface area contributed by atoms with Crippen molar-refractivity contribution in [1.29, 1.82) is 0 Å². The number of methoxy groups -OCH3 is 4. The van der Waals surface area contributed by atoms with E-state index in [2.05, 4.69) is 5.32 Å². The first kappa shape index (κ1) is 17.3. The van der Waals surface area contributed by atoms with Crippen LogP contribution in [-0.4, -0.2) is 34.3 Å². The summed E-state index contributed by atoms with van der Waals surface area (Å²) in [6, 6.07) is 8.07. The molecule has 0 aliphatic carbocycles. The number of carbonyl (C=O) groups is 1. The number of carbonyl (C=O) groups excluding carboxylic acids is 1. The molecular formula is C17H20N2O5. The van der Waals surface area contributed by atoms with E-state index in [1.807, 2.05) is 0 Å². The molecule has 2 aromatic carbocycles. The third-order valence-corrected chi connectivity index (χ3v) is 3.45. The van der Waals surface area contributed by atoms with Gasteiger partial charge in [-0.15, -0.1) is 0 Å². The van der Waals surface area contributed by atoms with Crippen molar-refractivity contribution in [2.24, 2.45) is 0 Å². The first-order valence-electron chi connectivity index (χ1n) is 7.09. The molecule has 0 aliphatic rings. The molecule has 0 atom stereocenters. The molecule has 24 heavy (non-hydrogen) atoms. The Kier molecular flexibility index (Phi) is 5.36. The van der Waals surface area contributed by atoms with Crippen LogP contribution in [0.5, 0.6) is 23.0 Å². The Hall–Kier alpha value is -3.09. The molecule has 0 aliphatic heterocycles. The van der Waals surface area contributed by atoms with Crippen molar-refractivity contribution in [3.8, 4) is 23.0 Å². The van der Waals surface area contributed by atoms with Crippen molar-refractivity contribution < 1.29 is 23.7 Å². The number of ether oxygens (including phenoxy) is 4. The van der Waals surface area contributed by atoms with Crippen LogP contribution in [0.2, 0.25) is 0 Å². The van der Waals surface area contributed by atoms with E-state index in [1.54, 1.807) is 30.3 Å². The largest absolute Gasteiger partial charge is 0.493 e. The van der Waals surface area contributed by atoms with Gasteiger partial charge in [0.2, 0.25) is 0 Å². The molecule has 0 saturated heterocycles. The van der Waals surface area contributed by atoms with Crippen LogP contribution in [0.4, 0.5) is 11.4 Å². The van der Waals surface area contributed by atoms with Crippen LogP contribution in [0.1, 0.15) is 10.4 Å². The molecule has 3 N–H and O–H groups in total. The Bertz CT molecular complexity index is 746. The van der Waals surface area contributed by atoms with Gasteiger partial charge in [0.05, 0.1) is 39.8 Å². The molecule has 7 nitrogen and oxygen atoms in total. The van der Waals surface area contributed by atoms with Gasteiger partial charge in [-0.25, -0.2) is 0 Å². The van der Waals surface area contributed by atoms with Gasteiger partial charge in [0.1, 0.15) is 0 Å². The van der Waals surface area contributed by atoms with Gasteiger partial charge < -0.3 is 30.0 Å². The quantitative estimate of drug-likeness (QED) is 0.790. The van der Waals surface area contributed by atoms with Gasteiger partial charge >= 0.3 is 0 Å². The number of amides is 1. The maximum absolute atomic E-state index is 12.5. The predicted molar refractivity (Wildman–Crippen MR) is 91.5 cm³/mol. The first-order valence-corrected chi connectivity index (χ1v) is 7.09. The van der Waals surface area contributed by atoms with Crippen molar-refractivity contribution >= 4 is 17.3 Å². The van der Waals surface area contributed by atoms with Gasteiger partial charge in [0.25, 0.3) is 5.91 Å². The number of nitrogens with one attached hydrogen (secondary N) is 1. The molecule has 128 valence electrons. The minimum atomic E-state index is -0.338. The molecular weight excluding hydrogens is 312 g/mol. The second-order valence-corrected chi connectivity index (χ2v) is 4.82. The molecule has 0 radical (unpaired) electrons. The fraction of sp³-hybridized carbons (Fsp3) is 0.235. The normalized spacial score (nSPS) is 10.0. The van der Waals surface area contributed by atoms with Crippen LogP contribution in [0.3, 0.4) is 0 Å². The third kappa shape index (κ3) is 3.45. The highest BCUT2D eigenvalue weighted by atomic mass is 16.5. The van der Waals surface area contributed by atoms with E-state index < -0.39 is 0 Å². The number of hydrogen-bond acceptors (Lipinski definition) is 6. The lowest BCUT2D eigenvalue weighted by Gasteiger charge is -2.14. The van der Waals surface area contributed by atoms with Gasteiger partial charge in [0, 0.05) is 17.7 Å². The van der Waals surface area contributed by atoms with Crippen LogP contribution < -0.4 is 30.0 Å². The van der Waals surface area contributed by atoms with E-state index in [9.17, 15) is 4.79 Å². The van der Waals surface area contributed by atoms with Gasteiger partial charge in [0.15, 0.2) is 23.0 Å². The Morgan fingerprint density at radius 3 is 1.96 bits per heavy atom. The standard InChI is InChI=1S/C17H20N2O5/c1-21-13-6-5-10(7-14(13)22-2)17(20)19-12-9-16(24-4)15(23-3)8-11(12)18/h5-9H,18H2,1-4H3,(H,19,20). The maximum Gasteiger partial charge on any atom is 0.255 e. The Morgan fingerprint density at radius 1 is 0.833 bits per heavy atom. The molecule has 0 saturated carbocycles. The second-order valence-electron chi connectivity index (χ2n) is 4.82. The van der Waals surface area contributed by atoms with Crippen LogP contribution in [0, 0.1) is 0 Å². The molecule has 2 aromatic rings. The van der Waals surface area contributed by atoms with Crippen LogP contribution in [0.25, 0.3) is 0 Å². The Balaban J connectivity index is 2.30. The van der Waals surface area contributed by atoms with Gasteiger partial charge in [-0.2, -0.15) is 0 Å². The summed E-state index contributed by atoms with van der Waals surface area (Å²) < 4.78 is 20.7. The number of anilines is 2. The van der Waals surface area contributed by atoms with Crippen LogP contribution >= 0.6 is 0 Å². The maximum atomic E-state index is 12.5. The lowest BCUT2D eigenvalue weighted by molar-refractivity contribution is 0.102. The smallest absolute Gasteiger partial charge is 0.255 e. The molecule has 7 heteroatoms. The lowest BCUT2D eigenvalue weighted by atomic mass is 10.1. The fourth-order valence-corrected chi connectivity index (χ4v) is 2.17. The van der Waals surface area contributed by atoms with E-state index >= 15 is 0 Å². The van der Waals surface area contributed by atoms with Crippen molar-refractivity contribution in [3.63, 3.8) is 0 Å². The summed E-state index contributed by atoms with van der Waals surface area (Å²) in [6.07, 6.45) is 0. The first-order chi connectivity index (χ1) is 11.5. The monoisotopic (exact) mass is 332 g/mol. The summed E-state index contributed by atoms with van der Waals surface area (Å²) in [4.78, 5) is 12.5. The van der Waals surface area contributed by atoms with Crippen molar-refractivity contribution in [2.75, 3.05) is 39.5 Å². The van der Waals surface area contributed by atoms with E-state index in [0.717, 1.165) is 0 Å². The molecule has 1 amide bonds. The molecule has 0 heterocycles. The van der Waals surface area contributed by atoms with Crippen molar-refractivity contribution in [1.82, 2.24) is 0 Å². The topological polar surface area (TPSA) is 92.0 Å². The summed E-state index contributed by atoms with van der Waals surface area (Å²) in [5.41, 5.74) is 7.14. The Morgan fingerprint density at radius 2 is 1.38 bits per heavy atom. The van der Waals surface area contributed by atoms with Crippen LogP contribution in [-0.2, 0) is 0 Å². The van der Waals surface area contributed by atoms with Gasteiger partial charge in [-0.05, 0) is 18.2 Å². The number of nitrogen functional groups attached to an aromatic ring is 1. The zero-order valence-electron chi connectivity index (χ0n) is 14.0. The fourth-order valence-electron chi connectivity index (χ4n) is 2.17. The van der Waals surface area contributed by atoms with E-state index in [1.165, 1.54) is 28.4 Å². The summed E-state index contributed by atoms with van der Waals surface area (Å²) >= 11 is 0. The molecule has 0 spiro atoms. The van der Waals surface area contributed by atoms with Crippen molar-refractivity contribution in [2.45, 2.75) is 0 Å². The van der Waals surface area contributed by atoms with E-state index in [0.29, 0.717) is 39.9 Å². The van der Waals surface area contributed by atoms with Gasteiger partial charge in [-0.1, -0.05) is 0 Å². The highest BCUT2D eigenvalue weighted by molar-refractivity contribution is 6.06. The molecule has 0 unspecified atom stereocenters. The summed E-state index contributed by atoms with van der Waals surface area (Å²) in [5, 5.41) is 2.75. The van der Waals surface area contributed by atoms with Crippen molar-refractivity contribution in [3.05, 3.63) is 35.9 Å². The zero-order valence-corrected chi connectivity index (χ0v) is 14.0. The van der Waals surface area contributed by atoms with Gasteiger partial charge in [-0.3, -0.25) is 4.79 Å². The highest BCUT2D eigenvalue weighted by Gasteiger charge is 2.14. The average molecular weight is 332 g/mol. The van der Waals surface area contributed by atoms with E-state index in [4.69, 9.17) is 24.7 Å². The lowest BCUT2D eigenvalue weighted by Crippen LogP contribution is -2.13. The molecule has 0 aromatic heterocycles. The predicted octanol–water partition coefficient (Wildman–Crippen LogP) is 2.56. The number of rotatable bonds is 6. The highest BCUT2D eigenvalue weighted by Crippen LogP contribution is 2.35. The molecule has 2 rings (SSSR count). The van der Waals surface area contributed by atoms with E-state index in [-0.39, 0.29) is 5.91 Å². The average Bonchev–Trinajstić information content (AvgIpc) is 2.62. The summed E-state index contributed by atoms with van der Waals surface area (Å²) in [7, 11) is 6.06. The van der Waals surface area contributed by atoms with Crippen LogP contribution in [0.15, 0.2) is 30.3 Å². The third-order valence-electron chi connectivity index (χ3n) is 3.45. The minimum absolute atomic E-state index is 0.338. The number of benzene rings is 2. The number of nitrogens with two attached hydrogens (primary N) is 1. The summed E-state index contributed by atoms with van der Waals surface area (Å²) in [5.74, 6) is 1.62. The SMILES string of the molecule is COc1ccc(C(=O)Nc2cc(OC)c(OC)cc2N)cc1OC. The zero-order chi connectivity index (χ0) is 17.7. The molecule has 0 bridgehead atoms.